The molecule has 0 saturated carbocycles. The number of piperazine rings is 1. The summed E-state index contributed by atoms with van der Waals surface area (Å²) in [5.74, 6) is -0.117. The summed E-state index contributed by atoms with van der Waals surface area (Å²) in [5, 5.41) is 2.72. The van der Waals surface area contributed by atoms with Gasteiger partial charge in [-0.2, -0.15) is 0 Å². The van der Waals surface area contributed by atoms with Gasteiger partial charge in [-0.15, -0.1) is 0 Å². The Hall–Kier alpha value is -1.84. The van der Waals surface area contributed by atoms with Crippen LogP contribution in [0.15, 0.2) is 18.2 Å². The molecule has 18 heavy (non-hydrogen) atoms. The summed E-state index contributed by atoms with van der Waals surface area (Å²) in [6, 6.07) is 5.42. The molecule has 4 heteroatoms. The smallest absolute Gasteiger partial charge is 0.250 e. The molecule has 1 aromatic rings. The van der Waals surface area contributed by atoms with Gasteiger partial charge in [0, 0.05) is 5.69 Å². The van der Waals surface area contributed by atoms with Crippen LogP contribution in [0.4, 0.5) is 5.69 Å². The zero-order valence-electron chi connectivity index (χ0n) is 11.0. The van der Waals surface area contributed by atoms with Gasteiger partial charge in [0.05, 0.1) is 0 Å². The summed E-state index contributed by atoms with van der Waals surface area (Å²) in [6.07, 6.45) is 0.617. The maximum atomic E-state index is 12.3. The summed E-state index contributed by atoms with van der Waals surface area (Å²) in [7, 11) is 0. The first-order chi connectivity index (χ1) is 8.54. The summed E-state index contributed by atoms with van der Waals surface area (Å²) in [5.41, 5.74) is 3.02. The monoisotopic (exact) mass is 246 g/mol. The van der Waals surface area contributed by atoms with E-state index in [-0.39, 0.29) is 18.4 Å². The van der Waals surface area contributed by atoms with Gasteiger partial charge in [-0.1, -0.05) is 19.1 Å². The number of aryl methyl sites for hydroxylation is 1. The van der Waals surface area contributed by atoms with Crippen LogP contribution in [0.3, 0.4) is 0 Å². The molecule has 2 amide bonds. The Labute approximate surface area is 107 Å². The molecule has 96 valence electrons. The number of hydrogen-bond acceptors (Lipinski definition) is 2. The lowest BCUT2D eigenvalue weighted by atomic mass is 10.0. The second-order valence-electron chi connectivity index (χ2n) is 4.67. The number of hydrogen-bond donors (Lipinski definition) is 1. The molecule has 1 N–H and O–H groups in total. The van der Waals surface area contributed by atoms with Crippen molar-refractivity contribution >= 4 is 17.5 Å². The SMILES string of the molecule is CCC1NC(=O)CN(c2cccc(C)c2C)C1=O. The number of carbonyl (C=O) groups is 2. The minimum absolute atomic E-state index is 0.0224. The first-order valence-corrected chi connectivity index (χ1v) is 6.21. The second-order valence-corrected chi connectivity index (χ2v) is 4.67. The van der Waals surface area contributed by atoms with Gasteiger partial charge in [-0.3, -0.25) is 9.59 Å². The normalized spacial score (nSPS) is 19.9. The largest absolute Gasteiger partial charge is 0.343 e. The first-order valence-electron chi connectivity index (χ1n) is 6.21. The fraction of sp³-hybridized carbons (Fsp3) is 0.429. The van der Waals surface area contributed by atoms with E-state index >= 15 is 0 Å². The summed E-state index contributed by atoms with van der Waals surface area (Å²) >= 11 is 0. The topological polar surface area (TPSA) is 49.4 Å². The fourth-order valence-corrected chi connectivity index (χ4v) is 2.22. The molecular formula is C14H18N2O2. The van der Waals surface area contributed by atoms with Crippen LogP contribution in [0.2, 0.25) is 0 Å². The average molecular weight is 246 g/mol. The van der Waals surface area contributed by atoms with Crippen LogP contribution in [0, 0.1) is 13.8 Å². The molecule has 1 fully saturated rings. The van der Waals surface area contributed by atoms with Gasteiger partial charge in [0.2, 0.25) is 11.8 Å². The van der Waals surface area contributed by atoms with E-state index in [4.69, 9.17) is 0 Å². The van der Waals surface area contributed by atoms with Gasteiger partial charge < -0.3 is 10.2 Å². The summed E-state index contributed by atoms with van der Waals surface area (Å²) in [6.45, 7) is 5.99. The number of carbonyl (C=O) groups excluding carboxylic acids is 2. The van der Waals surface area contributed by atoms with Crippen LogP contribution in [0.25, 0.3) is 0 Å². The van der Waals surface area contributed by atoms with Crippen molar-refractivity contribution in [3.05, 3.63) is 29.3 Å². The van der Waals surface area contributed by atoms with E-state index in [0.29, 0.717) is 6.42 Å². The molecule has 1 heterocycles. The van der Waals surface area contributed by atoms with Gasteiger partial charge in [0.25, 0.3) is 0 Å². The van der Waals surface area contributed by atoms with Gasteiger partial charge in [-0.25, -0.2) is 0 Å². The van der Waals surface area contributed by atoms with Crippen molar-refractivity contribution in [3.63, 3.8) is 0 Å². The standard InChI is InChI=1S/C14H18N2O2/c1-4-11-14(18)16(8-13(17)15-11)12-7-5-6-9(2)10(12)3/h5-7,11H,4,8H2,1-3H3,(H,15,17). The molecule has 0 bridgehead atoms. The van der Waals surface area contributed by atoms with Gasteiger partial charge in [-0.05, 0) is 37.5 Å². The molecule has 2 rings (SSSR count). The molecule has 4 nitrogen and oxygen atoms in total. The highest BCUT2D eigenvalue weighted by Gasteiger charge is 2.32. The Balaban J connectivity index is 2.39. The lowest BCUT2D eigenvalue weighted by molar-refractivity contribution is -0.131. The second kappa shape index (κ2) is 4.80. The van der Waals surface area contributed by atoms with Crippen molar-refractivity contribution in [1.82, 2.24) is 5.32 Å². The van der Waals surface area contributed by atoms with E-state index in [0.717, 1.165) is 16.8 Å². The maximum Gasteiger partial charge on any atom is 0.250 e. The fourth-order valence-electron chi connectivity index (χ4n) is 2.22. The maximum absolute atomic E-state index is 12.3. The Morgan fingerprint density at radius 2 is 2.06 bits per heavy atom. The molecule has 1 saturated heterocycles. The first kappa shape index (κ1) is 12.6. The number of nitrogens with zero attached hydrogens (tertiary/aromatic N) is 1. The number of amides is 2. The molecule has 1 atom stereocenters. The Bertz CT molecular complexity index is 497. The summed E-state index contributed by atoms with van der Waals surface area (Å²) < 4.78 is 0. The van der Waals surface area contributed by atoms with Crippen LogP contribution in [-0.2, 0) is 9.59 Å². The number of benzene rings is 1. The van der Waals surface area contributed by atoms with E-state index in [2.05, 4.69) is 5.32 Å². The number of anilines is 1. The van der Waals surface area contributed by atoms with Crippen molar-refractivity contribution in [1.29, 1.82) is 0 Å². The molecule has 1 aromatic carbocycles. The van der Waals surface area contributed by atoms with Crippen molar-refractivity contribution in [2.45, 2.75) is 33.2 Å². The lowest BCUT2D eigenvalue weighted by Gasteiger charge is -2.33. The zero-order chi connectivity index (χ0) is 13.3. The van der Waals surface area contributed by atoms with E-state index in [1.54, 1.807) is 4.90 Å². The predicted molar refractivity (Wildman–Crippen MR) is 70.5 cm³/mol. The van der Waals surface area contributed by atoms with Crippen LogP contribution in [0.5, 0.6) is 0 Å². The quantitative estimate of drug-likeness (QED) is 0.860. The molecule has 1 aliphatic rings. The molecule has 1 unspecified atom stereocenters. The van der Waals surface area contributed by atoms with E-state index < -0.39 is 6.04 Å². The van der Waals surface area contributed by atoms with Gasteiger partial charge in [0.1, 0.15) is 12.6 Å². The van der Waals surface area contributed by atoms with Crippen LogP contribution in [0.1, 0.15) is 24.5 Å². The minimum Gasteiger partial charge on any atom is -0.343 e. The molecule has 0 aromatic heterocycles. The van der Waals surface area contributed by atoms with Gasteiger partial charge in [0.15, 0.2) is 0 Å². The highest BCUT2D eigenvalue weighted by Crippen LogP contribution is 2.24. The van der Waals surface area contributed by atoms with Crippen LogP contribution in [-0.4, -0.2) is 24.4 Å². The Morgan fingerprint density at radius 1 is 1.33 bits per heavy atom. The third-order valence-electron chi connectivity index (χ3n) is 3.48. The molecular weight excluding hydrogens is 228 g/mol. The highest BCUT2D eigenvalue weighted by atomic mass is 16.2. The average Bonchev–Trinajstić information content (AvgIpc) is 2.35. The molecule has 0 radical (unpaired) electrons. The summed E-state index contributed by atoms with van der Waals surface area (Å²) in [4.78, 5) is 25.5. The van der Waals surface area contributed by atoms with Crippen molar-refractivity contribution in [2.75, 3.05) is 11.4 Å². The molecule has 0 aliphatic carbocycles. The highest BCUT2D eigenvalue weighted by molar-refractivity contribution is 6.06. The Morgan fingerprint density at radius 3 is 2.72 bits per heavy atom. The van der Waals surface area contributed by atoms with Crippen LogP contribution >= 0.6 is 0 Å². The van der Waals surface area contributed by atoms with E-state index in [1.165, 1.54) is 0 Å². The van der Waals surface area contributed by atoms with Crippen molar-refractivity contribution in [3.8, 4) is 0 Å². The number of rotatable bonds is 2. The Kier molecular flexibility index (Phi) is 3.36. The van der Waals surface area contributed by atoms with Gasteiger partial charge >= 0.3 is 0 Å². The predicted octanol–water partition coefficient (Wildman–Crippen LogP) is 1.54. The number of nitrogens with one attached hydrogen (secondary N) is 1. The third kappa shape index (κ3) is 2.10. The van der Waals surface area contributed by atoms with E-state index in [9.17, 15) is 9.59 Å². The van der Waals surface area contributed by atoms with Crippen molar-refractivity contribution in [2.24, 2.45) is 0 Å². The van der Waals surface area contributed by atoms with Crippen LogP contribution < -0.4 is 10.2 Å². The molecule has 1 aliphatic heterocycles. The molecule has 0 spiro atoms. The third-order valence-corrected chi connectivity index (χ3v) is 3.48. The van der Waals surface area contributed by atoms with E-state index in [1.807, 2.05) is 39.0 Å². The van der Waals surface area contributed by atoms with Crippen molar-refractivity contribution < 1.29 is 9.59 Å². The minimum atomic E-state index is -0.397. The zero-order valence-corrected chi connectivity index (χ0v) is 11.0. The lowest BCUT2D eigenvalue weighted by Crippen LogP contribution is -2.58.